The van der Waals surface area contributed by atoms with Crippen molar-refractivity contribution in [3.63, 3.8) is 0 Å². The van der Waals surface area contributed by atoms with Gasteiger partial charge in [-0.15, -0.1) is 0 Å². The normalized spacial score (nSPS) is 16.1. The number of hydrogen-bond donors (Lipinski definition) is 1. The SMILES string of the molecule is CCOc1cc(C=C2C(=N)N3C(c4ccccc4)=CSC3=NC2=O)ccc1OCc1ccc(Cl)cc1. The number of amides is 1. The molecule has 0 aromatic heterocycles. The Bertz CT molecular complexity index is 1420. The number of rotatable bonds is 7. The molecule has 6 nitrogen and oxygen atoms in total. The van der Waals surface area contributed by atoms with Gasteiger partial charge in [0.05, 0.1) is 17.9 Å². The molecule has 0 bridgehead atoms. The predicted octanol–water partition coefficient (Wildman–Crippen LogP) is 6.62. The van der Waals surface area contributed by atoms with Crippen molar-refractivity contribution in [1.82, 2.24) is 4.90 Å². The summed E-state index contributed by atoms with van der Waals surface area (Å²) in [7, 11) is 0. The highest BCUT2D eigenvalue weighted by Crippen LogP contribution is 2.38. The lowest BCUT2D eigenvalue weighted by atomic mass is 10.1. The van der Waals surface area contributed by atoms with Crippen molar-refractivity contribution in [2.24, 2.45) is 4.99 Å². The Kier molecular flexibility index (Phi) is 6.93. The molecule has 180 valence electrons. The summed E-state index contributed by atoms with van der Waals surface area (Å²) in [5.41, 5.74) is 3.67. The number of halogens is 1. The Balaban J connectivity index is 1.41. The number of hydrogen-bond acceptors (Lipinski definition) is 5. The van der Waals surface area contributed by atoms with Gasteiger partial charge in [-0.3, -0.25) is 15.1 Å². The van der Waals surface area contributed by atoms with Crippen LogP contribution >= 0.6 is 23.4 Å². The van der Waals surface area contributed by atoms with E-state index in [0.29, 0.717) is 40.5 Å². The van der Waals surface area contributed by atoms with Gasteiger partial charge in [0.15, 0.2) is 16.7 Å². The van der Waals surface area contributed by atoms with Crippen LogP contribution in [0.2, 0.25) is 5.02 Å². The number of fused-ring (bicyclic) bond motifs is 1. The van der Waals surface area contributed by atoms with Crippen LogP contribution in [0.3, 0.4) is 0 Å². The van der Waals surface area contributed by atoms with Crippen molar-refractivity contribution in [2.45, 2.75) is 13.5 Å². The molecular formula is C28H22ClN3O3S. The van der Waals surface area contributed by atoms with E-state index in [4.69, 9.17) is 26.5 Å². The summed E-state index contributed by atoms with van der Waals surface area (Å²) in [5, 5.41) is 11.9. The van der Waals surface area contributed by atoms with Crippen LogP contribution in [0.4, 0.5) is 0 Å². The largest absolute Gasteiger partial charge is 0.490 e. The Hall–Kier alpha value is -3.81. The van der Waals surface area contributed by atoms with Crippen molar-refractivity contribution >= 4 is 52.0 Å². The summed E-state index contributed by atoms with van der Waals surface area (Å²) in [6.45, 7) is 2.71. The van der Waals surface area contributed by atoms with E-state index in [0.717, 1.165) is 16.8 Å². The van der Waals surface area contributed by atoms with Crippen molar-refractivity contribution in [2.75, 3.05) is 6.61 Å². The van der Waals surface area contributed by atoms with E-state index in [-0.39, 0.29) is 11.4 Å². The first-order valence-corrected chi connectivity index (χ1v) is 12.6. The van der Waals surface area contributed by atoms with Crippen LogP contribution in [0.25, 0.3) is 11.8 Å². The lowest BCUT2D eigenvalue weighted by Crippen LogP contribution is -2.38. The van der Waals surface area contributed by atoms with Crippen molar-refractivity contribution in [1.29, 1.82) is 5.41 Å². The van der Waals surface area contributed by atoms with E-state index in [1.54, 1.807) is 23.1 Å². The fourth-order valence-electron chi connectivity index (χ4n) is 3.82. The standard InChI is InChI=1S/C28H22ClN3O3S/c1-2-34-25-15-19(10-13-24(25)35-16-18-8-11-21(29)12-9-18)14-22-26(30)32-23(20-6-4-3-5-7-20)17-36-28(32)31-27(22)33/h3-15,17,30H,2,16H2,1H3. The monoisotopic (exact) mass is 515 g/mol. The third-order valence-electron chi connectivity index (χ3n) is 5.57. The fraction of sp³-hybridized carbons (Fsp3) is 0.107. The Morgan fingerprint density at radius 3 is 2.56 bits per heavy atom. The molecule has 1 N–H and O–H groups in total. The molecule has 0 spiro atoms. The van der Waals surface area contributed by atoms with Crippen LogP contribution < -0.4 is 9.47 Å². The van der Waals surface area contributed by atoms with Crippen molar-refractivity contribution in [3.8, 4) is 11.5 Å². The number of ether oxygens (including phenoxy) is 2. The highest BCUT2D eigenvalue weighted by Gasteiger charge is 2.36. The van der Waals surface area contributed by atoms with Crippen LogP contribution in [0.15, 0.2) is 88.8 Å². The molecule has 36 heavy (non-hydrogen) atoms. The summed E-state index contributed by atoms with van der Waals surface area (Å²) in [5.74, 6) is 0.791. The van der Waals surface area contributed by atoms with Gasteiger partial charge in [-0.1, -0.05) is 71.9 Å². The molecule has 0 aliphatic carbocycles. The van der Waals surface area contributed by atoms with Gasteiger partial charge in [-0.05, 0) is 54.0 Å². The van der Waals surface area contributed by atoms with E-state index < -0.39 is 5.91 Å². The average Bonchev–Trinajstić information content (AvgIpc) is 3.31. The van der Waals surface area contributed by atoms with Gasteiger partial charge < -0.3 is 9.47 Å². The lowest BCUT2D eigenvalue weighted by Gasteiger charge is -2.27. The highest BCUT2D eigenvalue weighted by atomic mass is 35.5. The third kappa shape index (κ3) is 4.94. The van der Waals surface area contributed by atoms with Crippen molar-refractivity contribution < 1.29 is 14.3 Å². The first-order valence-electron chi connectivity index (χ1n) is 11.3. The number of carbonyl (C=O) groups is 1. The predicted molar refractivity (Wildman–Crippen MR) is 145 cm³/mol. The minimum atomic E-state index is -0.442. The minimum absolute atomic E-state index is 0.0890. The molecule has 8 heteroatoms. The number of benzene rings is 3. The van der Waals surface area contributed by atoms with Gasteiger partial charge in [0.2, 0.25) is 0 Å². The van der Waals surface area contributed by atoms with Gasteiger partial charge in [-0.2, -0.15) is 4.99 Å². The molecule has 0 fully saturated rings. The number of nitrogens with zero attached hydrogens (tertiary/aromatic N) is 2. The molecule has 0 atom stereocenters. The topological polar surface area (TPSA) is 75.0 Å². The number of amidine groups is 2. The summed E-state index contributed by atoms with van der Waals surface area (Å²) in [4.78, 5) is 18.8. The zero-order chi connectivity index (χ0) is 25.1. The number of thioether (sulfide) groups is 1. The molecule has 0 saturated carbocycles. The smallest absolute Gasteiger partial charge is 0.283 e. The van der Waals surface area contributed by atoms with E-state index in [1.807, 2.05) is 73.0 Å². The molecule has 2 aliphatic heterocycles. The van der Waals surface area contributed by atoms with Crippen molar-refractivity contribution in [3.05, 3.63) is 105 Å². The van der Waals surface area contributed by atoms with Crippen LogP contribution in [0.1, 0.15) is 23.6 Å². The molecule has 0 radical (unpaired) electrons. The zero-order valence-electron chi connectivity index (χ0n) is 19.4. The molecule has 3 aromatic carbocycles. The lowest BCUT2D eigenvalue weighted by molar-refractivity contribution is -0.114. The minimum Gasteiger partial charge on any atom is -0.490 e. The van der Waals surface area contributed by atoms with Crippen LogP contribution in [-0.2, 0) is 11.4 Å². The molecular weight excluding hydrogens is 494 g/mol. The van der Waals surface area contributed by atoms with Crippen LogP contribution in [0.5, 0.6) is 11.5 Å². The second kappa shape index (κ2) is 10.4. The summed E-state index contributed by atoms with van der Waals surface area (Å²) in [6, 6.07) is 22.7. The number of carbonyl (C=O) groups excluding carboxylic acids is 1. The molecule has 2 heterocycles. The Labute approximate surface area is 218 Å². The van der Waals surface area contributed by atoms with Gasteiger partial charge in [0.25, 0.3) is 5.91 Å². The fourth-order valence-corrected chi connectivity index (χ4v) is 4.84. The van der Waals surface area contributed by atoms with Gasteiger partial charge >= 0.3 is 0 Å². The summed E-state index contributed by atoms with van der Waals surface area (Å²) in [6.07, 6.45) is 1.67. The molecule has 2 aliphatic rings. The van der Waals surface area contributed by atoms with Gasteiger partial charge in [0.1, 0.15) is 12.4 Å². The third-order valence-corrected chi connectivity index (χ3v) is 6.65. The van der Waals surface area contributed by atoms with E-state index >= 15 is 0 Å². The Morgan fingerprint density at radius 2 is 1.81 bits per heavy atom. The van der Waals surface area contributed by atoms with Gasteiger partial charge in [0, 0.05) is 10.4 Å². The maximum Gasteiger partial charge on any atom is 0.283 e. The van der Waals surface area contributed by atoms with Crippen LogP contribution in [-0.4, -0.2) is 28.4 Å². The first kappa shape index (κ1) is 23.9. The average molecular weight is 516 g/mol. The van der Waals surface area contributed by atoms with E-state index in [2.05, 4.69) is 4.99 Å². The van der Waals surface area contributed by atoms with Gasteiger partial charge in [-0.25, -0.2) is 0 Å². The Morgan fingerprint density at radius 1 is 1.03 bits per heavy atom. The second-order valence-corrected chi connectivity index (χ2v) is 9.26. The molecule has 0 saturated heterocycles. The number of aliphatic imine (C=N–C) groups is 1. The highest BCUT2D eigenvalue weighted by molar-refractivity contribution is 8.17. The second-order valence-electron chi connectivity index (χ2n) is 7.98. The number of nitrogens with one attached hydrogen (secondary N) is 1. The molecule has 5 rings (SSSR count). The first-order chi connectivity index (χ1) is 17.5. The quantitative estimate of drug-likeness (QED) is 0.358. The molecule has 3 aromatic rings. The summed E-state index contributed by atoms with van der Waals surface area (Å²) >= 11 is 7.30. The van der Waals surface area contributed by atoms with E-state index in [1.165, 1.54) is 11.8 Å². The van der Waals surface area contributed by atoms with E-state index in [9.17, 15) is 4.79 Å². The summed E-state index contributed by atoms with van der Waals surface area (Å²) < 4.78 is 11.8. The maximum absolute atomic E-state index is 12.8. The zero-order valence-corrected chi connectivity index (χ0v) is 21.0. The molecule has 0 unspecified atom stereocenters. The van der Waals surface area contributed by atoms with Crippen LogP contribution in [0, 0.1) is 5.41 Å². The maximum atomic E-state index is 12.8. The molecule has 1 amide bonds.